The summed E-state index contributed by atoms with van der Waals surface area (Å²) in [6, 6.07) is 26.5. The third-order valence-corrected chi connectivity index (χ3v) is 6.85. The molecule has 1 N–H and O–H groups in total. The van der Waals surface area contributed by atoms with E-state index in [1.807, 2.05) is 61.5 Å². The number of amides is 1. The molecule has 166 valence electrons. The van der Waals surface area contributed by atoms with Gasteiger partial charge in [-0.2, -0.15) is 0 Å². The minimum atomic E-state index is -0.0998. The Morgan fingerprint density at radius 1 is 1.03 bits per heavy atom. The first-order valence-electron chi connectivity index (χ1n) is 11.3. The summed E-state index contributed by atoms with van der Waals surface area (Å²) < 4.78 is 1.03. The predicted octanol–water partition coefficient (Wildman–Crippen LogP) is 6.05. The Morgan fingerprint density at radius 3 is 2.55 bits per heavy atom. The van der Waals surface area contributed by atoms with E-state index in [1.54, 1.807) is 0 Å². The number of aromatic nitrogens is 1. The fourth-order valence-electron chi connectivity index (χ4n) is 4.59. The molecule has 0 radical (unpaired) electrons. The summed E-state index contributed by atoms with van der Waals surface area (Å²) in [7, 11) is 0. The van der Waals surface area contributed by atoms with Gasteiger partial charge >= 0.3 is 0 Å². The molecule has 2 heterocycles. The van der Waals surface area contributed by atoms with Crippen LogP contribution in [0, 0.1) is 0 Å². The molecule has 0 spiro atoms. The third-order valence-electron chi connectivity index (χ3n) is 6.32. The van der Waals surface area contributed by atoms with Crippen molar-refractivity contribution in [3.63, 3.8) is 0 Å². The Labute approximate surface area is 202 Å². The van der Waals surface area contributed by atoms with Crippen molar-refractivity contribution >= 4 is 32.7 Å². The van der Waals surface area contributed by atoms with Gasteiger partial charge in [-0.25, -0.2) is 0 Å². The highest BCUT2D eigenvalue weighted by Crippen LogP contribution is 2.29. The van der Waals surface area contributed by atoms with Crippen LogP contribution in [0.4, 0.5) is 0 Å². The van der Waals surface area contributed by atoms with Gasteiger partial charge in [0.05, 0.1) is 17.1 Å². The number of fused-ring (bicyclic) bond motifs is 2. The summed E-state index contributed by atoms with van der Waals surface area (Å²) in [6.07, 6.45) is 0.843. The number of nitrogens with one attached hydrogen (secondary N) is 1. The minimum Gasteiger partial charge on any atom is -0.345 e. The monoisotopic (exact) mass is 499 g/mol. The molecule has 0 unspecified atom stereocenters. The molecule has 5 rings (SSSR count). The zero-order valence-electron chi connectivity index (χ0n) is 18.6. The SMILES string of the molecule is C[C@H](NC(=O)c1c2c(nc3ccccc13)CCN(Cc1ccccc1)C2)c1ccc(Br)cc1. The van der Waals surface area contributed by atoms with E-state index in [4.69, 9.17) is 4.98 Å². The van der Waals surface area contributed by atoms with Crippen LogP contribution in [-0.4, -0.2) is 22.3 Å². The lowest BCUT2D eigenvalue weighted by molar-refractivity contribution is 0.0938. The predicted molar refractivity (Wildman–Crippen MR) is 136 cm³/mol. The summed E-state index contributed by atoms with van der Waals surface area (Å²) >= 11 is 3.48. The topological polar surface area (TPSA) is 45.2 Å². The zero-order chi connectivity index (χ0) is 22.8. The molecule has 1 aliphatic rings. The highest BCUT2D eigenvalue weighted by atomic mass is 79.9. The van der Waals surface area contributed by atoms with Gasteiger partial charge in [0.1, 0.15) is 0 Å². The Hall–Kier alpha value is -3.02. The second kappa shape index (κ2) is 9.46. The van der Waals surface area contributed by atoms with Crippen LogP contribution >= 0.6 is 15.9 Å². The summed E-state index contributed by atoms with van der Waals surface area (Å²) in [5, 5.41) is 4.15. The molecule has 1 aromatic heterocycles. The third kappa shape index (κ3) is 4.70. The second-order valence-corrected chi connectivity index (χ2v) is 9.54. The van der Waals surface area contributed by atoms with E-state index < -0.39 is 0 Å². The van der Waals surface area contributed by atoms with E-state index in [1.165, 1.54) is 5.56 Å². The van der Waals surface area contributed by atoms with E-state index in [9.17, 15) is 4.79 Å². The van der Waals surface area contributed by atoms with E-state index in [-0.39, 0.29) is 11.9 Å². The van der Waals surface area contributed by atoms with Gasteiger partial charge in [-0.15, -0.1) is 0 Å². The molecule has 1 aliphatic heterocycles. The van der Waals surface area contributed by atoms with Gasteiger partial charge in [-0.3, -0.25) is 14.7 Å². The number of carbonyl (C=O) groups excluding carboxylic acids is 1. The maximum atomic E-state index is 13.7. The van der Waals surface area contributed by atoms with Gasteiger partial charge in [0, 0.05) is 47.2 Å². The van der Waals surface area contributed by atoms with Gasteiger partial charge in [0.2, 0.25) is 0 Å². The fraction of sp³-hybridized carbons (Fsp3) is 0.214. The number of benzene rings is 3. The highest BCUT2D eigenvalue weighted by Gasteiger charge is 2.26. The number of hydrogen-bond donors (Lipinski definition) is 1. The molecular formula is C28H26BrN3O. The van der Waals surface area contributed by atoms with Crippen molar-refractivity contribution in [2.24, 2.45) is 0 Å². The normalized spacial score (nSPS) is 14.6. The van der Waals surface area contributed by atoms with Gasteiger partial charge in [0.25, 0.3) is 5.91 Å². The fourth-order valence-corrected chi connectivity index (χ4v) is 4.85. The first-order valence-corrected chi connectivity index (χ1v) is 12.1. The Morgan fingerprint density at radius 2 is 1.76 bits per heavy atom. The first-order chi connectivity index (χ1) is 16.1. The van der Waals surface area contributed by atoms with Crippen LogP contribution < -0.4 is 5.32 Å². The van der Waals surface area contributed by atoms with Crippen LogP contribution in [0.2, 0.25) is 0 Å². The van der Waals surface area contributed by atoms with Crippen LogP contribution in [0.25, 0.3) is 10.9 Å². The molecule has 0 aliphatic carbocycles. The average Bonchev–Trinajstić information content (AvgIpc) is 2.83. The van der Waals surface area contributed by atoms with Crippen LogP contribution in [0.3, 0.4) is 0 Å². The van der Waals surface area contributed by atoms with E-state index >= 15 is 0 Å². The molecule has 3 aromatic carbocycles. The van der Waals surface area contributed by atoms with Crippen LogP contribution in [0.5, 0.6) is 0 Å². The van der Waals surface area contributed by atoms with Crippen LogP contribution in [0.1, 0.15) is 45.7 Å². The highest BCUT2D eigenvalue weighted by molar-refractivity contribution is 9.10. The van der Waals surface area contributed by atoms with Crippen LogP contribution in [-0.2, 0) is 19.5 Å². The van der Waals surface area contributed by atoms with Crippen LogP contribution in [0.15, 0.2) is 83.3 Å². The first kappa shape index (κ1) is 21.8. The molecular weight excluding hydrogens is 474 g/mol. The molecule has 33 heavy (non-hydrogen) atoms. The van der Waals surface area contributed by atoms with E-state index in [0.29, 0.717) is 0 Å². The van der Waals surface area contributed by atoms with Gasteiger partial charge in [0.15, 0.2) is 0 Å². The smallest absolute Gasteiger partial charge is 0.252 e. The summed E-state index contributed by atoms with van der Waals surface area (Å²) in [5.74, 6) is -0.0400. The molecule has 4 aromatic rings. The van der Waals surface area contributed by atoms with Crippen molar-refractivity contribution < 1.29 is 4.79 Å². The summed E-state index contributed by atoms with van der Waals surface area (Å²) in [6.45, 7) is 4.54. The average molecular weight is 500 g/mol. The molecule has 0 saturated carbocycles. The second-order valence-electron chi connectivity index (χ2n) is 8.62. The molecule has 4 nitrogen and oxygen atoms in total. The number of para-hydroxylation sites is 1. The summed E-state index contributed by atoms with van der Waals surface area (Å²) in [4.78, 5) is 21.0. The molecule has 5 heteroatoms. The number of rotatable bonds is 5. The van der Waals surface area contributed by atoms with Gasteiger partial charge in [-0.1, -0.05) is 76.6 Å². The lowest BCUT2D eigenvalue weighted by atomic mass is 9.94. The maximum absolute atomic E-state index is 13.7. The number of pyridine rings is 1. The Balaban J connectivity index is 1.48. The largest absolute Gasteiger partial charge is 0.345 e. The van der Waals surface area contributed by atoms with Crippen molar-refractivity contribution in [3.8, 4) is 0 Å². The number of carbonyl (C=O) groups is 1. The van der Waals surface area contributed by atoms with Crippen molar-refractivity contribution in [1.82, 2.24) is 15.2 Å². The van der Waals surface area contributed by atoms with Crippen molar-refractivity contribution in [3.05, 3.63) is 111 Å². The Kier molecular flexibility index (Phi) is 6.25. The minimum absolute atomic E-state index is 0.0400. The van der Waals surface area contributed by atoms with Gasteiger partial charge in [-0.05, 0) is 36.2 Å². The van der Waals surface area contributed by atoms with Crippen molar-refractivity contribution in [2.75, 3.05) is 6.54 Å². The quantitative estimate of drug-likeness (QED) is 0.363. The molecule has 0 fully saturated rings. The van der Waals surface area contributed by atoms with E-state index in [0.717, 1.165) is 63.8 Å². The molecule has 0 saturated heterocycles. The molecule has 1 amide bonds. The number of hydrogen-bond acceptors (Lipinski definition) is 3. The van der Waals surface area contributed by atoms with Crippen molar-refractivity contribution in [1.29, 1.82) is 0 Å². The number of nitrogens with zero attached hydrogens (tertiary/aromatic N) is 2. The van der Waals surface area contributed by atoms with Gasteiger partial charge < -0.3 is 5.32 Å². The summed E-state index contributed by atoms with van der Waals surface area (Å²) in [5.41, 5.74) is 6.09. The lowest BCUT2D eigenvalue weighted by Gasteiger charge is -2.30. The standard InChI is InChI=1S/C28H26BrN3O/c1-19(21-11-13-22(29)14-12-21)30-28(33)27-23-9-5-6-10-25(23)31-26-15-16-32(18-24(26)27)17-20-7-3-2-4-8-20/h2-14,19H,15-18H2,1H3,(H,30,33)/t19-/m0/s1. The zero-order valence-corrected chi connectivity index (χ0v) is 20.2. The Bertz CT molecular complexity index is 1290. The lowest BCUT2D eigenvalue weighted by Crippen LogP contribution is -2.34. The number of halogens is 1. The van der Waals surface area contributed by atoms with Crippen molar-refractivity contribution in [2.45, 2.75) is 32.5 Å². The molecule has 1 atom stereocenters. The maximum Gasteiger partial charge on any atom is 0.252 e. The van der Waals surface area contributed by atoms with E-state index in [2.05, 4.69) is 50.4 Å². The molecule has 0 bridgehead atoms.